The van der Waals surface area contributed by atoms with E-state index >= 15 is 0 Å². The van der Waals surface area contributed by atoms with Crippen molar-refractivity contribution in [3.63, 3.8) is 0 Å². The number of rotatable bonds is 2. The van der Waals surface area contributed by atoms with E-state index in [1.807, 2.05) is 0 Å². The zero-order valence-electron chi connectivity index (χ0n) is 10.4. The van der Waals surface area contributed by atoms with Crippen molar-refractivity contribution < 1.29 is 15.0 Å². The average Bonchev–Trinajstić information content (AvgIpc) is 2.56. The van der Waals surface area contributed by atoms with Gasteiger partial charge in [0.15, 0.2) is 0 Å². The standard InChI is InChI=1S/C13H23NO3/c15-11(16)12(5-3-1-2-4-6-12)13(17)7-9-14-10-8-13/h14,17H,1-10H2,(H,15,16). The summed E-state index contributed by atoms with van der Waals surface area (Å²) >= 11 is 0. The number of carboxylic acid groups (broad SMARTS) is 1. The minimum absolute atomic E-state index is 0.569. The van der Waals surface area contributed by atoms with Crippen molar-refractivity contribution in [1.29, 1.82) is 0 Å². The van der Waals surface area contributed by atoms with E-state index in [9.17, 15) is 15.0 Å². The van der Waals surface area contributed by atoms with E-state index in [0.29, 0.717) is 25.7 Å². The van der Waals surface area contributed by atoms with Gasteiger partial charge in [-0.15, -0.1) is 0 Å². The zero-order valence-corrected chi connectivity index (χ0v) is 10.4. The summed E-state index contributed by atoms with van der Waals surface area (Å²) in [6.07, 6.45) is 6.48. The smallest absolute Gasteiger partial charge is 0.312 e. The quantitative estimate of drug-likeness (QED) is 0.641. The van der Waals surface area contributed by atoms with Crippen LogP contribution in [0, 0.1) is 5.41 Å². The number of nitrogens with one attached hydrogen (secondary N) is 1. The van der Waals surface area contributed by atoms with Crippen molar-refractivity contribution in [2.75, 3.05) is 13.1 Å². The monoisotopic (exact) mass is 241 g/mol. The normalized spacial score (nSPS) is 28.3. The lowest BCUT2D eigenvalue weighted by molar-refractivity contribution is -0.176. The molecule has 4 nitrogen and oxygen atoms in total. The summed E-state index contributed by atoms with van der Waals surface area (Å²) in [5, 5.41) is 23.7. The Kier molecular flexibility index (Phi) is 3.73. The lowest BCUT2D eigenvalue weighted by Crippen LogP contribution is -2.57. The molecular weight excluding hydrogens is 218 g/mol. The van der Waals surface area contributed by atoms with Gasteiger partial charge < -0.3 is 15.5 Å². The molecule has 17 heavy (non-hydrogen) atoms. The summed E-state index contributed by atoms with van der Waals surface area (Å²) in [5.41, 5.74) is -1.90. The maximum atomic E-state index is 11.8. The molecule has 1 saturated heterocycles. The lowest BCUT2D eigenvalue weighted by Gasteiger charge is -2.46. The molecule has 0 bridgehead atoms. The van der Waals surface area contributed by atoms with Gasteiger partial charge in [0.05, 0.1) is 11.0 Å². The van der Waals surface area contributed by atoms with Gasteiger partial charge in [-0.3, -0.25) is 4.79 Å². The highest BCUT2D eigenvalue weighted by atomic mass is 16.4. The third-order valence-electron chi connectivity index (χ3n) is 4.69. The van der Waals surface area contributed by atoms with E-state index < -0.39 is 17.0 Å². The van der Waals surface area contributed by atoms with E-state index in [4.69, 9.17) is 0 Å². The molecule has 0 spiro atoms. The zero-order chi connectivity index (χ0) is 12.4. The van der Waals surface area contributed by atoms with Crippen molar-refractivity contribution in [1.82, 2.24) is 5.32 Å². The van der Waals surface area contributed by atoms with Crippen molar-refractivity contribution >= 4 is 5.97 Å². The van der Waals surface area contributed by atoms with Crippen LogP contribution in [0.25, 0.3) is 0 Å². The summed E-state index contributed by atoms with van der Waals surface area (Å²) in [4.78, 5) is 11.8. The second-order valence-corrected chi connectivity index (χ2v) is 5.58. The van der Waals surface area contributed by atoms with Crippen molar-refractivity contribution in [2.24, 2.45) is 5.41 Å². The van der Waals surface area contributed by atoms with Crippen LogP contribution in [-0.4, -0.2) is 34.9 Å². The Morgan fingerprint density at radius 1 is 0.941 bits per heavy atom. The number of hydrogen-bond acceptors (Lipinski definition) is 3. The molecule has 2 rings (SSSR count). The number of hydrogen-bond donors (Lipinski definition) is 3. The molecular formula is C13H23NO3. The van der Waals surface area contributed by atoms with E-state index in [0.717, 1.165) is 38.8 Å². The number of piperidine rings is 1. The van der Waals surface area contributed by atoms with Gasteiger partial charge in [0.2, 0.25) is 0 Å². The molecule has 2 aliphatic rings. The Labute approximate surface area is 102 Å². The van der Waals surface area contributed by atoms with Crippen LogP contribution in [0.2, 0.25) is 0 Å². The third-order valence-corrected chi connectivity index (χ3v) is 4.69. The molecule has 0 aromatic heterocycles. The maximum Gasteiger partial charge on any atom is 0.312 e. The van der Waals surface area contributed by atoms with E-state index in [2.05, 4.69) is 5.32 Å². The summed E-state index contributed by atoms with van der Waals surface area (Å²) < 4.78 is 0. The number of aliphatic carboxylic acids is 1. The highest BCUT2D eigenvalue weighted by molar-refractivity contribution is 5.76. The van der Waals surface area contributed by atoms with E-state index in [-0.39, 0.29) is 0 Å². The number of aliphatic hydroxyl groups is 1. The van der Waals surface area contributed by atoms with Crippen LogP contribution < -0.4 is 5.32 Å². The molecule has 2 fully saturated rings. The van der Waals surface area contributed by atoms with Gasteiger partial charge >= 0.3 is 5.97 Å². The molecule has 1 heterocycles. The molecule has 1 saturated carbocycles. The first-order chi connectivity index (χ1) is 8.11. The average molecular weight is 241 g/mol. The van der Waals surface area contributed by atoms with Crippen LogP contribution in [0.1, 0.15) is 51.4 Å². The van der Waals surface area contributed by atoms with Crippen molar-refractivity contribution in [3.8, 4) is 0 Å². The first-order valence-electron chi connectivity index (χ1n) is 6.77. The summed E-state index contributed by atoms with van der Waals surface area (Å²) in [6, 6.07) is 0. The van der Waals surface area contributed by atoms with Crippen LogP contribution in [0.5, 0.6) is 0 Å². The second kappa shape index (κ2) is 4.94. The maximum absolute atomic E-state index is 11.8. The molecule has 0 aromatic carbocycles. The SMILES string of the molecule is O=C(O)C1(C2(O)CCNCC2)CCCCCC1. The first kappa shape index (κ1) is 12.8. The third kappa shape index (κ3) is 2.20. The van der Waals surface area contributed by atoms with Gasteiger partial charge in [0, 0.05) is 0 Å². The topological polar surface area (TPSA) is 69.6 Å². The van der Waals surface area contributed by atoms with Crippen LogP contribution in [-0.2, 0) is 4.79 Å². The van der Waals surface area contributed by atoms with Crippen LogP contribution in [0.15, 0.2) is 0 Å². The summed E-state index contributed by atoms with van der Waals surface area (Å²) in [7, 11) is 0. The molecule has 1 aliphatic heterocycles. The predicted octanol–water partition coefficient (Wildman–Crippen LogP) is 1.53. The molecule has 98 valence electrons. The molecule has 0 atom stereocenters. The largest absolute Gasteiger partial charge is 0.481 e. The highest BCUT2D eigenvalue weighted by Gasteiger charge is 2.55. The lowest BCUT2D eigenvalue weighted by atomic mass is 9.63. The molecule has 0 aromatic rings. The summed E-state index contributed by atoms with van der Waals surface area (Å²) in [5.74, 6) is -0.788. The molecule has 3 N–H and O–H groups in total. The van der Waals surface area contributed by atoms with Gasteiger partial charge in [-0.1, -0.05) is 25.7 Å². The Bertz CT molecular complexity index is 276. The summed E-state index contributed by atoms with van der Waals surface area (Å²) in [6.45, 7) is 1.46. The van der Waals surface area contributed by atoms with Crippen molar-refractivity contribution in [3.05, 3.63) is 0 Å². The number of carbonyl (C=O) groups is 1. The Morgan fingerprint density at radius 3 is 1.94 bits per heavy atom. The van der Waals surface area contributed by atoms with E-state index in [1.54, 1.807) is 0 Å². The van der Waals surface area contributed by atoms with Crippen LogP contribution >= 0.6 is 0 Å². The van der Waals surface area contributed by atoms with E-state index in [1.165, 1.54) is 0 Å². The van der Waals surface area contributed by atoms with Gasteiger partial charge in [-0.25, -0.2) is 0 Å². The molecule has 0 radical (unpaired) electrons. The van der Waals surface area contributed by atoms with Gasteiger partial charge in [-0.2, -0.15) is 0 Å². The second-order valence-electron chi connectivity index (χ2n) is 5.58. The minimum atomic E-state index is -1.01. The van der Waals surface area contributed by atoms with Crippen LogP contribution in [0.4, 0.5) is 0 Å². The van der Waals surface area contributed by atoms with Crippen LogP contribution in [0.3, 0.4) is 0 Å². The molecule has 4 heteroatoms. The minimum Gasteiger partial charge on any atom is -0.481 e. The van der Waals surface area contributed by atoms with Gasteiger partial charge in [0.25, 0.3) is 0 Å². The number of carboxylic acids is 1. The Morgan fingerprint density at radius 2 is 1.47 bits per heavy atom. The van der Waals surface area contributed by atoms with Gasteiger partial charge in [-0.05, 0) is 38.8 Å². The Balaban J connectivity index is 2.27. The fourth-order valence-electron chi connectivity index (χ4n) is 3.53. The first-order valence-corrected chi connectivity index (χ1v) is 6.77. The molecule has 0 amide bonds. The highest BCUT2D eigenvalue weighted by Crippen LogP contribution is 2.48. The molecule has 1 aliphatic carbocycles. The fraction of sp³-hybridized carbons (Fsp3) is 0.923. The Hall–Kier alpha value is -0.610. The fourth-order valence-corrected chi connectivity index (χ4v) is 3.53. The van der Waals surface area contributed by atoms with Crippen molar-refractivity contribution in [2.45, 2.75) is 57.0 Å². The predicted molar refractivity (Wildman–Crippen MR) is 64.8 cm³/mol. The molecule has 0 unspecified atom stereocenters. The van der Waals surface area contributed by atoms with Gasteiger partial charge in [0.1, 0.15) is 0 Å².